The zero-order valence-electron chi connectivity index (χ0n) is 18.3. The van der Waals surface area contributed by atoms with Crippen LogP contribution in [0.1, 0.15) is 19.4 Å². The second kappa shape index (κ2) is 11.2. The van der Waals surface area contributed by atoms with E-state index in [0.717, 1.165) is 38.3 Å². The molecule has 0 aliphatic carbocycles. The van der Waals surface area contributed by atoms with E-state index in [1.165, 1.54) is 12.1 Å². The monoisotopic (exact) mass is 479 g/mol. The Morgan fingerprint density at radius 3 is 2.55 bits per heavy atom. The molecule has 0 saturated heterocycles. The van der Waals surface area contributed by atoms with Crippen molar-refractivity contribution < 1.29 is 17.9 Å². The van der Waals surface area contributed by atoms with E-state index in [1.54, 1.807) is 30.5 Å². The fraction of sp³-hybridized carbons (Fsp3) is 0.304. The van der Waals surface area contributed by atoms with Crippen molar-refractivity contribution in [2.75, 3.05) is 36.8 Å². The van der Waals surface area contributed by atoms with E-state index in [1.807, 2.05) is 0 Å². The molecule has 2 aromatic carbocycles. The summed E-state index contributed by atoms with van der Waals surface area (Å²) in [6.45, 7) is 7.88. The molecule has 6 nitrogen and oxygen atoms in total. The highest BCUT2D eigenvalue weighted by Gasteiger charge is 2.30. The lowest BCUT2D eigenvalue weighted by Gasteiger charge is -2.18. The molecule has 1 heterocycles. The second-order valence-electron chi connectivity index (χ2n) is 7.12. The Morgan fingerprint density at radius 2 is 1.85 bits per heavy atom. The summed E-state index contributed by atoms with van der Waals surface area (Å²) in [5.74, 6) is 1.34. The second-order valence-corrected chi connectivity index (χ2v) is 7.52. The van der Waals surface area contributed by atoms with Gasteiger partial charge in [-0.3, -0.25) is 0 Å². The van der Waals surface area contributed by atoms with Gasteiger partial charge in [0.05, 0.1) is 10.6 Å². The standard InChI is InChI=1S/C23H25ClF3N5O/c1-3-32(4-2)13-12-28-21-10-11-29-22(31-21)30-17-8-9-20(19(24)15-17)33-18-7-5-6-16(14-18)23(25,26)27/h5-11,14-15H,3-4,12-13H2,1-2H3,(H2,28,29,30,31). The Bertz CT molecular complexity index is 1060. The number of anilines is 3. The molecule has 0 aliphatic heterocycles. The fourth-order valence-corrected chi connectivity index (χ4v) is 3.27. The van der Waals surface area contributed by atoms with Crippen molar-refractivity contribution in [1.82, 2.24) is 14.9 Å². The molecule has 0 fully saturated rings. The summed E-state index contributed by atoms with van der Waals surface area (Å²) in [7, 11) is 0. The summed E-state index contributed by atoms with van der Waals surface area (Å²) in [5, 5.41) is 6.57. The zero-order valence-corrected chi connectivity index (χ0v) is 19.0. The van der Waals surface area contributed by atoms with E-state index in [4.69, 9.17) is 16.3 Å². The van der Waals surface area contributed by atoms with Gasteiger partial charge in [0.2, 0.25) is 5.95 Å². The minimum Gasteiger partial charge on any atom is -0.456 e. The molecular weight excluding hydrogens is 455 g/mol. The summed E-state index contributed by atoms with van der Waals surface area (Å²) < 4.78 is 44.3. The highest BCUT2D eigenvalue weighted by molar-refractivity contribution is 6.32. The molecule has 3 aromatic rings. The van der Waals surface area contributed by atoms with Gasteiger partial charge < -0.3 is 20.3 Å². The first-order valence-electron chi connectivity index (χ1n) is 10.5. The van der Waals surface area contributed by atoms with Crippen LogP contribution in [0.2, 0.25) is 5.02 Å². The molecule has 176 valence electrons. The van der Waals surface area contributed by atoms with E-state index in [2.05, 4.69) is 39.3 Å². The maximum atomic E-state index is 12.9. The van der Waals surface area contributed by atoms with Crippen molar-refractivity contribution >= 4 is 29.1 Å². The lowest BCUT2D eigenvalue weighted by molar-refractivity contribution is -0.137. The van der Waals surface area contributed by atoms with Gasteiger partial charge in [-0.05, 0) is 55.6 Å². The maximum Gasteiger partial charge on any atom is 0.416 e. The molecule has 2 N–H and O–H groups in total. The molecule has 0 saturated carbocycles. The summed E-state index contributed by atoms with van der Waals surface area (Å²) in [6, 6.07) is 11.2. The average Bonchev–Trinajstić information content (AvgIpc) is 2.78. The first-order valence-corrected chi connectivity index (χ1v) is 10.9. The van der Waals surface area contributed by atoms with Crippen molar-refractivity contribution in [3.05, 3.63) is 65.3 Å². The van der Waals surface area contributed by atoms with E-state index < -0.39 is 11.7 Å². The van der Waals surface area contributed by atoms with Crippen molar-refractivity contribution in [3.63, 3.8) is 0 Å². The van der Waals surface area contributed by atoms with Gasteiger partial charge in [-0.2, -0.15) is 18.2 Å². The fourth-order valence-electron chi connectivity index (χ4n) is 3.05. The molecule has 0 unspecified atom stereocenters. The third kappa shape index (κ3) is 7.23. The predicted molar refractivity (Wildman–Crippen MR) is 125 cm³/mol. The van der Waals surface area contributed by atoms with Gasteiger partial charge >= 0.3 is 6.18 Å². The number of nitrogens with one attached hydrogen (secondary N) is 2. The third-order valence-corrected chi connectivity index (χ3v) is 5.16. The van der Waals surface area contributed by atoms with Gasteiger partial charge in [0.15, 0.2) is 0 Å². The summed E-state index contributed by atoms with van der Waals surface area (Å²) in [5.41, 5.74) is -0.186. The van der Waals surface area contributed by atoms with Gasteiger partial charge in [0.1, 0.15) is 17.3 Å². The van der Waals surface area contributed by atoms with Gasteiger partial charge in [0.25, 0.3) is 0 Å². The van der Waals surface area contributed by atoms with Gasteiger partial charge in [0, 0.05) is 25.0 Å². The van der Waals surface area contributed by atoms with Crippen molar-refractivity contribution in [1.29, 1.82) is 0 Å². The Labute approximate surface area is 195 Å². The number of hydrogen-bond acceptors (Lipinski definition) is 6. The number of rotatable bonds is 10. The quantitative estimate of drug-likeness (QED) is 0.349. The highest BCUT2D eigenvalue weighted by atomic mass is 35.5. The van der Waals surface area contributed by atoms with Crippen LogP contribution in [0.4, 0.5) is 30.6 Å². The van der Waals surface area contributed by atoms with Gasteiger partial charge in [-0.25, -0.2) is 4.98 Å². The van der Waals surface area contributed by atoms with Crippen molar-refractivity contribution in [2.24, 2.45) is 0 Å². The topological polar surface area (TPSA) is 62.3 Å². The number of likely N-dealkylation sites (N-methyl/N-ethyl adjacent to an activating group) is 1. The van der Waals surface area contributed by atoms with Gasteiger partial charge in [-0.15, -0.1) is 0 Å². The smallest absolute Gasteiger partial charge is 0.416 e. The zero-order chi connectivity index (χ0) is 23.8. The van der Waals surface area contributed by atoms with E-state index >= 15 is 0 Å². The van der Waals surface area contributed by atoms with E-state index in [9.17, 15) is 13.2 Å². The van der Waals surface area contributed by atoms with Crippen LogP contribution in [0.3, 0.4) is 0 Å². The lowest BCUT2D eigenvalue weighted by Crippen LogP contribution is -2.28. The normalized spacial score (nSPS) is 11.5. The minimum absolute atomic E-state index is 0.0410. The van der Waals surface area contributed by atoms with Crippen molar-refractivity contribution in [3.8, 4) is 11.5 Å². The molecule has 0 bridgehead atoms. The number of ether oxygens (including phenoxy) is 1. The molecule has 0 amide bonds. The Hall–Kier alpha value is -3.04. The first kappa shape index (κ1) is 24.6. The summed E-state index contributed by atoms with van der Waals surface area (Å²) in [6.07, 6.45) is -2.81. The van der Waals surface area contributed by atoms with Crippen LogP contribution in [0.15, 0.2) is 54.7 Å². The number of halogens is 4. The van der Waals surface area contributed by atoms with Crippen LogP contribution in [-0.2, 0) is 6.18 Å². The SMILES string of the molecule is CCN(CC)CCNc1ccnc(Nc2ccc(Oc3cccc(C(F)(F)F)c3)c(Cl)c2)n1. The number of nitrogens with zero attached hydrogens (tertiary/aromatic N) is 3. The molecule has 10 heteroatoms. The van der Waals surface area contributed by atoms with Crippen LogP contribution in [-0.4, -0.2) is 41.0 Å². The van der Waals surface area contributed by atoms with Crippen LogP contribution in [0.5, 0.6) is 11.5 Å². The Balaban J connectivity index is 1.64. The third-order valence-electron chi connectivity index (χ3n) is 4.86. The minimum atomic E-state index is -4.45. The summed E-state index contributed by atoms with van der Waals surface area (Å²) in [4.78, 5) is 10.9. The average molecular weight is 480 g/mol. The summed E-state index contributed by atoms with van der Waals surface area (Å²) >= 11 is 6.29. The van der Waals surface area contributed by atoms with Crippen LogP contribution >= 0.6 is 11.6 Å². The largest absolute Gasteiger partial charge is 0.456 e. The van der Waals surface area contributed by atoms with Crippen LogP contribution in [0, 0.1) is 0 Å². The predicted octanol–water partition coefficient (Wildman–Crippen LogP) is 6.44. The molecule has 1 aromatic heterocycles. The number of benzene rings is 2. The van der Waals surface area contributed by atoms with E-state index in [0.29, 0.717) is 17.5 Å². The molecule has 33 heavy (non-hydrogen) atoms. The highest BCUT2D eigenvalue weighted by Crippen LogP contribution is 2.35. The van der Waals surface area contributed by atoms with Crippen LogP contribution < -0.4 is 15.4 Å². The molecule has 0 spiro atoms. The molecule has 0 aliphatic rings. The van der Waals surface area contributed by atoms with Crippen LogP contribution in [0.25, 0.3) is 0 Å². The van der Waals surface area contributed by atoms with E-state index in [-0.39, 0.29) is 16.5 Å². The molecule has 3 rings (SSSR count). The first-order chi connectivity index (χ1) is 15.8. The number of hydrogen-bond donors (Lipinski definition) is 2. The maximum absolute atomic E-state index is 12.9. The molecule has 0 radical (unpaired) electrons. The number of alkyl halides is 3. The van der Waals surface area contributed by atoms with Crippen molar-refractivity contribution in [2.45, 2.75) is 20.0 Å². The number of aromatic nitrogens is 2. The molecular formula is C23H25ClF3N5O. The van der Waals surface area contributed by atoms with Gasteiger partial charge in [-0.1, -0.05) is 31.5 Å². The Morgan fingerprint density at radius 1 is 1.06 bits per heavy atom. The lowest BCUT2D eigenvalue weighted by atomic mass is 10.2. The Kier molecular flexibility index (Phi) is 8.35. The molecule has 0 atom stereocenters.